The molecule has 3 heteroatoms. The molecule has 3 rings (SSSR count). The smallest absolute Gasteiger partial charge is 0.0532 e. The van der Waals surface area contributed by atoms with E-state index in [9.17, 15) is 0 Å². The fraction of sp³-hybridized carbons (Fsp3) is 0.727. The van der Waals surface area contributed by atoms with Crippen molar-refractivity contribution >= 4 is 0 Å². The van der Waals surface area contributed by atoms with E-state index >= 15 is 0 Å². The van der Waals surface area contributed by atoms with E-state index < -0.39 is 0 Å². The topological polar surface area (TPSA) is 40.7 Å². The summed E-state index contributed by atoms with van der Waals surface area (Å²) in [6.45, 7) is 0.977. The molecule has 1 unspecified atom stereocenters. The van der Waals surface area contributed by atoms with E-state index in [0.717, 1.165) is 24.4 Å². The molecule has 2 N–H and O–H groups in total. The molecule has 1 aromatic rings. The number of hydrogen-bond acceptors (Lipinski definition) is 2. The Hall–Kier alpha value is -0.830. The van der Waals surface area contributed by atoms with Crippen LogP contribution >= 0.6 is 0 Å². The Morgan fingerprint density at radius 2 is 2.50 bits per heavy atom. The third kappa shape index (κ3) is 1.57. The van der Waals surface area contributed by atoms with Crippen molar-refractivity contribution in [3.63, 3.8) is 0 Å². The molecule has 2 fully saturated rings. The average molecular weight is 191 g/mol. The van der Waals surface area contributed by atoms with Crippen LogP contribution in [0, 0.1) is 11.8 Å². The van der Waals surface area contributed by atoms with Gasteiger partial charge in [0.2, 0.25) is 0 Å². The van der Waals surface area contributed by atoms with Crippen LogP contribution in [-0.2, 0) is 6.54 Å². The van der Waals surface area contributed by atoms with E-state index in [-0.39, 0.29) is 0 Å². The maximum Gasteiger partial charge on any atom is 0.0532 e. The monoisotopic (exact) mass is 191 g/mol. The zero-order valence-corrected chi connectivity index (χ0v) is 8.37. The lowest BCUT2D eigenvalue weighted by atomic mass is 9.95. The Labute approximate surface area is 84.3 Å². The fourth-order valence-electron chi connectivity index (χ4n) is 2.79. The zero-order valence-electron chi connectivity index (χ0n) is 8.37. The summed E-state index contributed by atoms with van der Waals surface area (Å²) in [6, 6.07) is 0.781. The van der Waals surface area contributed by atoms with Gasteiger partial charge in [0.15, 0.2) is 0 Å². The van der Waals surface area contributed by atoms with Gasteiger partial charge >= 0.3 is 0 Å². The van der Waals surface area contributed by atoms with Crippen LogP contribution in [0.15, 0.2) is 12.4 Å². The Balaban J connectivity index is 1.52. The van der Waals surface area contributed by atoms with Crippen molar-refractivity contribution in [2.24, 2.45) is 11.8 Å². The highest BCUT2D eigenvalue weighted by molar-refractivity contribution is 5.04. The predicted molar refractivity (Wildman–Crippen MR) is 54.7 cm³/mol. The van der Waals surface area contributed by atoms with Crippen LogP contribution in [0.5, 0.6) is 0 Å². The van der Waals surface area contributed by atoms with E-state index in [0.29, 0.717) is 0 Å². The maximum atomic E-state index is 3.95. The zero-order chi connectivity index (χ0) is 9.38. The number of H-pyrrole nitrogens is 1. The summed E-state index contributed by atoms with van der Waals surface area (Å²) in [5.74, 6) is 2.06. The summed E-state index contributed by atoms with van der Waals surface area (Å²) in [6.07, 6.45) is 9.63. The molecule has 2 aliphatic rings. The van der Waals surface area contributed by atoms with Crippen molar-refractivity contribution in [3.8, 4) is 0 Å². The highest BCUT2D eigenvalue weighted by Crippen LogP contribution is 2.49. The first-order valence-corrected chi connectivity index (χ1v) is 5.64. The fourth-order valence-corrected chi connectivity index (χ4v) is 2.79. The Morgan fingerprint density at radius 1 is 1.50 bits per heavy atom. The minimum absolute atomic E-state index is 0.781. The van der Waals surface area contributed by atoms with Gasteiger partial charge in [0, 0.05) is 24.3 Å². The van der Waals surface area contributed by atoms with Gasteiger partial charge in [0.25, 0.3) is 0 Å². The second kappa shape index (κ2) is 3.39. The second-order valence-corrected chi connectivity index (χ2v) is 4.68. The van der Waals surface area contributed by atoms with Gasteiger partial charge < -0.3 is 5.32 Å². The van der Waals surface area contributed by atoms with Crippen molar-refractivity contribution in [3.05, 3.63) is 18.0 Å². The van der Waals surface area contributed by atoms with Crippen molar-refractivity contribution in [1.82, 2.24) is 15.5 Å². The molecule has 76 valence electrons. The van der Waals surface area contributed by atoms with Crippen molar-refractivity contribution < 1.29 is 0 Å². The standard InChI is InChI=1S/C11H17N3/c1-2-9-4-10(9)11(3-1)12-5-8-6-13-14-7-8/h6-7,9-12H,1-5H2,(H,13,14)/t9-,10+,11?/m1/s1. The number of fused-ring (bicyclic) bond motifs is 1. The third-order valence-corrected chi connectivity index (χ3v) is 3.71. The van der Waals surface area contributed by atoms with Crippen molar-refractivity contribution in [2.75, 3.05) is 0 Å². The van der Waals surface area contributed by atoms with Gasteiger partial charge in [-0.2, -0.15) is 5.10 Å². The Bertz CT molecular complexity index is 293. The molecule has 3 atom stereocenters. The first-order chi connectivity index (χ1) is 6.93. The number of rotatable bonds is 3. The van der Waals surface area contributed by atoms with Gasteiger partial charge in [-0.3, -0.25) is 5.10 Å². The summed E-state index contributed by atoms with van der Waals surface area (Å²) >= 11 is 0. The molecule has 3 nitrogen and oxygen atoms in total. The highest BCUT2D eigenvalue weighted by atomic mass is 15.1. The van der Waals surface area contributed by atoms with E-state index in [2.05, 4.69) is 15.5 Å². The van der Waals surface area contributed by atoms with Crippen LogP contribution < -0.4 is 5.32 Å². The van der Waals surface area contributed by atoms with Crippen molar-refractivity contribution in [2.45, 2.75) is 38.3 Å². The van der Waals surface area contributed by atoms with Gasteiger partial charge in [-0.1, -0.05) is 12.8 Å². The SMILES string of the molecule is c1n[nH]cc1CNC1CCC[C@@H]2C[C@H]12. The van der Waals surface area contributed by atoms with Crippen LogP contribution in [0.1, 0.15) is 31.2 Å². The minimum Gasteiger partial charge on any atom is -0.310 e. The number of nitrogens with one attached hydrogen (secondary N) is 2. The molecule has 0 amide bonds. The van der Waals surface area contributed by atoms with E-state index in [1.54, 1.807) is 0 Å². The summed E-state index contributed by atoms with van der Waals surface area (Å²) in [4.78, 5) is 0. The van der Waals surface area contributed by atoms with Crippen LogP contribution in [0.3, 0.4) is 0 Å². The van der Waals surface area contributed by atoms with Crippen LogP contribution in [0.25, 0.3) is 0 Å². The van der Waals surface area contributed by atoms with Gasteiger partial charge in [0.05, 0.1) is 6.20 Å². The van der Waals surface area contributed by atoms with Gasteiger partial charge in [-0.15, -0.1) is 0 Å². The number of nitrogens with zero attached hydrogens (tertiary/aromatic N) is 1. The lowest BCUT2D eigenvalue weighted by Crippen LogP contribution is -2.32. The summed E-state index contributed by atoms with van der Waals surface area (Å²) < 4.78 is 0. The molecule has 0 bridgehead atoms. The molecule has 0 saturated heterocycles. The quantitative estimate of drug-likeness (QED) is 0.763. The van der Waals surface area contributed by atoms with Crippen molar-refractivity contribution in [1.29, 1.82) is 0 Å². The lowest BCUT2D eigenvalue weighted by Gasteiger charge is -2.22. The molecule has 0 spiro atoms. The first-order valence-electron chi connectivity index (χ1n) is 5.64. The maximum absolute atomic E-state index is 3.95. The Morgan fingerprint density at radius 3 is 3.36 bits per heavy atom. The molecule has 2 aliphatic carbocycles. The van der Waals surface area contributed by atoms with Gasteiger partial charge in [0.1, 0.15) is 0 Å². The second-order valence-electron chi connectivity index (χ2n) is 4.68. The normalized spacial score (nSPS) is 35.3. The largest absolute Gasteiger partial charge is 0.310 e. The average Bonchev–Trinajstić information content (AvgIpc) is 2.83. The highest BCUT2D eigenvalue weighted by Gasteiger charge is 2.44. The van der Waals surface area contributed by atoms with E-state index in [1.807, 2.05) is 12.4 Å². The van der Waals surface area contributed by atoms with Crippen LogP contribution in [0.4, 0.5) is 0 Å². The minimum atomic E-state index is 0.781. The van der Waals surface area contributed by atoms with Gasteiger partial charge in [-0.05, 0) is 24.7 Å². The number of aromatic amines is 1. The number of hydrogen-bond donors (Lipinski definition) is 2. The third-order valence-electron chi connectivity index (χ3n) is 3.71. The molecular weight excluding hydrogens is 174 g/mol. The molecular formula is C11H17N3. The molecule has 0 radical (unpaired) electrons. The summed E-state index contributed by atoms with van der Waals surface area (Å²) in [7, 11) is 0. The molecule has 2 saturated carbocycles. The van der Waals surface area contributed by atoms with E-state index in [4.69, 9.17) is 0 Å². The lowest BCUT2D eigenvalue weighted by molar-refractivity contribution is 0.352. The molecule has 0 aliphatic heterocycles. The number of aromatic nitrogens is 2. The molecule has 14 heavy (non-hydrogen) atoms. The molecule has 0 aromatic carbocycles. The predicted octanol–water partition coefficient (Wildman–Crippen LogP) is 1.69. The summed E-state index contributed by atoms with van der Waals surface area (Å²) in [5.41, 5.74) is 1.27. The van der Waals surface area contributed by atoms with Gasteiger partial charge in [-0.25, -0.2) is 0 Å². The van der Waals surface area contributed by atoms with Crippen LogP contribution in [0.2, 0.25) is 0 Å². The Kier molecular flexibility index (Phi) is 2.05. The molecule has 1 aromatic heterocycles. The van der Waals surface area contributed by atoms with E-state index in [1.165, 1.54) is 31.2 Å². The van der Waals surface area contributed by atoms with Crippen LogP contribution in [-0.4, -0.2) is 16.2 Å². The first kappa shape index (κ1) is 8.48. The molecule has 1 heterocycles. The summed E-state index contributed by atoms with van der Waals surface area (Å²) in [5, 5.41) is 10.5.